The molecule has 66 valence electrons. The molecule has 4 heteroatoms. The van der Waals surface area contributed by atoms with Gasteiger partial charge in [-0.05, 0) is 6.42 Å². The van der Waals surface area contributed by atoms with Crippen LogP contribution in [0, 0.1) is 0 Å². The number of Topliss-reactive ketones (excluding diaryl/α,β-unsaturated/α-hetero) is 1. The lowest BCUT2D eigenvalue weighted by atomic mass is 10.3. The van der Waals surface area contributed by atoms with E-state index in [1.54, 1.807) is 10.9 Å². The maximum Gasteiger partial charge on any atom is 0.177 e. The molecule has 1 aromatic heterocycles. The fourth-order valence-electron chi connectivity index (χ4n) is 1.02. The van der Waals surface area contributed by atoms with E-state index in [1.165, 1.54) is 13.1 Å². The zero-order chi connectivity index (χ0) is 8.97. The van der Waals surface area contributed by atoms with Crippen molar-refractivity contribution in [2.45, 2.75) is 19.9 Å². The standard InChI is InChI=1S/C8H11FN2O/c1-7(12)8-5-10-6-11(8)4-2-3-9/h5-6H,2-4H2,1H3. The minimum Gasteiger partial charge on any atom is -0.328 e. The Kier molecular flexibility index (Phi) is 2.96. The van der Waals surface area contributed by atoms with Gasteiger partial charge < -0.3 is 4.57 Å². The minimum atomic E-state index is -0.366. The minimum absolute atomic E-state index is 0.0358. The molecule has 1 rings (SSSR count). The van der Waals surface area contributed by atoms with Crippen LogP contribution in [0.15, 0.2) is 12.5 Å². The Morgan fingerprint density at radius 1 is 1.75 bits per heavy atom. The number of aryl methyl sites for hydroxylation is 1. The van der Waals surface area contributed by atoms with Crippen molar-refractivity contribution in [3.63, 3.8) is 0 Å². The highest BCUT2D eigenvalue weighted by Gasteiger charge is 2.05. The maximum absolute atomic E-state index is 11.8. The molecule has 0 unspecified atom stereocenters. The Morgan fingerprint density at radius 3 is 3.08 bits per heavy atom. The van der Waals surface area contributed by atoms with Crippen molar-refractivity contribution >= 4 is 5.78 Å². The van der Waals surface area contributed by atoms with Crippen LogP contribution in [-0.4, -0.2) is 22.0 Å². The van der Waals surface area contributed by atoms with Gasteiger partial charge in [-0.1, -0.05) is 0 Å². The van der Waals surface area contributed by atoms with Gasteiger partial charge in [0.25, 0.3) is 0 Å². The molecule has 0 aliphatic carbocycles. The summed E-state index contributed by atoms with van der Waals surface area (Å²) in [4.78, 5) is 14.8. The number of rotatable bonds is 4. The maximum atomic E-state index is 11.8. The summed E-state index contributed by atoms with van der Waals surface area (Å²) in [6, 6.07) is 0. The van der Waals surface area contributed by atoms with Crippen molar-refractivity contribution < 1.29 is 9.18 Å². The normalized spacial score (nSPS) is 10.2. The Labute approximate surface area is 70.2 Å². The first kappa shape index (κ1) is 8.90. The van der Waals surface area contributed by atoms with E-state index in [0.717, 1.165) is 0 Å². The van der Waals surface area contributed by atoms with Crippen LogP contribution >= 0.6 is 0 Å². The van der Waals surface area contributed by atoms with Crippen LogP contribution in [-0.2, 0) is 6.54 Å². The summed E-state index contributed by atoms with van der Waals surface area (Å²) in [5.41, 5.74) is 0.545. The highest BCUT2D eigenvalue weighted by atomic mass is 19.1. The molecule has 1 heterocycles. The van der Waals surface area contributed by atoms with E-state index in [0.29, 0.717) is 18.7 Å². The van der Waals surface area contributed by atoms with Gasteiger partial charge in [0.05, 0.1) is 19.2 Å². The van der Waals surface area contributed by atoms with Gasteiger partial charge in [-0.3, -0.25) is 9.18 Å². The molecule has 0 bridgehead atoms. The Bertz CT molecular complexity index is 270. The molecule has 0 N–H and O–H groups in total. The van der Waals surface area contributed by atoms with Crippen molar-refractivity contribution in [3.8, 4) is 0 Å². The number of ketones is 1. The lowest BCUT2D eigenvalue weighted by Gasteiger charge is -2.02. The molecular weight excluding hydrogens is 159 g/mol. The molecule has 0 spiro atoms. The van der Waals surface area contributed by atoms with Crippen molar-refractivity contribution in [1.29, 1.82) is 0 Å². The van der Waals surface area contributed by atoms with Crippen molar-refractivity contribution in [1.82, 2.24) is 9.55 Å². The van der Waals surface area contributed by atoms with Gasteiger partial charge in [-0.15, -0.1) is 0 Å². The predicted molar refractivity (Wildman–Crippen MR) is 42.8 cm³/mol. The second-order valence-corrected chi connectivity index (χ2v) is 2.57. The van der Waals surface area contributed by atoms with Gasteiger partial charge in [-0.25, -0.2) is 4.98 Å². The van der Waals surface area contributed by atoms with E-state index < -0.39 is 0 Å². The first-order valence-electron chi connectivity index (χ1n) is 3.82. The molecule has 0 saturated heterocycles. The number of carbonyl (C=O) groups is 1. The molecule has 3 nitrogen and oxygen atoms in total. The molecule has 0 saturated carbocycles. The number of halogens is 1. The van der Waals surface area contributed by atoms with Crippen molar-refractivity contribution in [2.24, 2.45) is 0 Å². The fraction of sp³-hybridized carbons (Fsp3) is 0.500. The lowest BCUT2D eigenvalue weighted by molar-refractivity contribution is 0.100. The Hall–Kier alpha value is -1.19. The average molecular weight is 170 g/mol. The van der Waals surface area contributed by atoms with Gasteiger partial charge in [-0.2, -0.15) is 0 Å². The molecule has 1 aromatic rings. The monoisotopic (exact) mass is 170 g/mol. The molecule has 0 radical (unpaired) electrons. The van der Waals surface area contributed by atoms with Crippen molar-refractivity contribution in [3.05, 3.63) is 18.2 Å². The number of hydrogen-bond donors (Lipinski definition) is 0. The average Bonchev–Trinajstić information content (AvgIpc) is 2.48. The number of aromatic nitrogens is 2. The summed E-state index contributed by atoms with van der Waals surface area (Å²) in [5.74, 6) is -0.0358. The van der Waals surface area contributed by atoms with Crippen LogP contribution in [0.4, 0.5) is 4.39 Å². The van der Waals surface area contributed by atoms with E-state index >= 15 is 0 Å². The van der Waals surface area contributed by atoms with Crippen LogP contribution in [0.3, 0.4) is 0 Å². The number of hydrogen-bond acceptors (Lipinski definition) is 2. The summed E-state index contributed by atoms with van der Waals surface area (Å²) in [5, 5.41) is 0. The quantitative estimate of drug-likeness (QED) is 0.641. The van der Waals surface area contributed by atoms with E-state index in [9.17, 15) is 9.18 Å². The summed E-state index contributed by atoms with van der Waals surface area (Å²) in [7, 11) is 0. The van der Waals surface area contributed by atoms with Crippen LogP contribution < -0.4 is 0 Å². The van der Waals surface area contributed by atoms with E-state index in [4.69, 9.17) is 0 Å². The summed E-state index contributed by atoms with van der Waals surface area (Å²) >= 11 is 0. The zero-order valence-corrected chi connectivity index (χ0v) is 6.96. The van der Waals surface area contributed by atoms with Gasteiger partial charge in [0.2, 0.25) is 0 Å². The molecular formula is C8H11FN2O. The molecule has 0 fully saturated rings. The summed E-state index contributed by atoms with van der Waals surface area (Å²) < 4.78 is 13.5. The topological polar surface area (TPSA) is 34.9 Å². The number of nitrogens with zero attached hydrogens (tertiary/aromatic N) is 2. The summed E-state index contributed by atoms with van der Waals surface area (Å²) in [6.07, 6.45) is 3.48. The summed E-state index contributed by atoms with van der Waals surface area (Å²) in [6.45, 7) is 1.63. The van der Waals surface area contributed by atoms with E-state index in [-0.39, 0.29) is 12.5 Å². The number of imidazole rings is 1. The Morgan fingerprint density at radius 2 is 2.50 bits per heavy atom. The number of alkyl halides is 1. The second kappa shape index (κ2) is 3.99. The van der Waals surface area contributed by atoms with Crippen LogP contribution in [0.5, 0.6) is 0 Å². The van der Waals surface area contributed by atoms with Gasteiger partial charge in [0, 0.05) is 13.5 Å². The lowest BCUT2D eigenvalue weighted by Crippen LogP contribution is -2.05. The molecule has 0 aliphatic heterocycles. The SMILES string of the molecule is CC(=O)c1cncn1CCCF. The first-order valence-corrected chi connectivity index (χ1v) is 3.82. The third-order valence-corrected chi connectivity index (χ3v) is 1.61. The van der Waals surface area contributed by atoms with Gasteiger partial charge >= 0.3 is 0 Å². The molecule has 12 heavy (non-hydrogen) atoms. The van der Waals surface area contributed by atoms with Gasteiger partial charge in [0.1, 0.15) is 5.69 Å². The number of carbonyl (C=O) groups excluding carboxylic acids is 1. The Balaban J connectivity index is 2.70. The second-order valence-electron chi connectivity index (χ2n) is 2.57. The van der Waals surface area contributed by atoms with E-state index in [2.05, 4.69) is 4.98 Å². The molecule has 0 aromatic carbocycles. The van der Waals surface area contributed by atoms with Crippen LogP contribution in [0.2, 0.25) is 0 Å². The van der Waals surface area contributed by atoms with E-state index in [1.807, 2.05) is 0 Å². The molecule has 0 aliphatic rings. The van der Waals surface area contributed by atoms with Gasteiger partial charge in [0.15, 0.2) is 5.78 Å². The first-order chi connectivity index (χ1) is 5.75. The highest BCUT2D eigenvalue weighted by molar-refractivity contribution is 5.92. The highest BCUT2D eigenvalue weighted by Crippen LogP contribution is 2.01. The third kappa shape index (κ3) is 1.90. The predicted octanol–water partition coefficient (Wildman–Crippen LogP) is 1.45. The molecule has 0 atom stereocenters. The van der Waals surface area contributed by atoms with Crippen LogP contribution in [0.1, 0.15) is 23.8 Å². The smallest absolute Gasteiger partial charge is 0.177 e. The van der Waals surface area contributed by atoms with Crippen molar-refractivity contribution in [2.75, 3.05) is 6.67 Å². The molecule has 0 amide bonds. The van der Waals surface area contributed by atoms with Crippen LogP contribution in [0.25, 0.3) is 0 Å². The zero-order valence-electron chi connectivity index (χ0n) is 6.96. The third-order valence-electron chi connectivity index (χ3n) is 1.61. The largest absolute Gasteiger partial charge is 0.328 e. The fourth-order valence-corrected chi connectivity index (χ4v) is 1.02.